The monoisotopic (exact) mass is 380 g/mol. The van der Waals surface area contributed by atoms with E-state index >= 15 is 0 Å². The van der Waals surface area contributed by atoms with E-state index in [1.165, 1.54) is 10.9 Å². The second kappa shape index (κ2) is 7.70. The number of hydrogen-bond donors (Lipinski definition) is 2. The molecule has 7 heteroatoms. The zero-order valence-electron chi connectivity index (χ0n) is 13.3. The molecule has 3 N–H and O–H groups in total. The van der Waals surface area contributed by atoms with Crippen molar-refractivity contribution in [1.82, 2.24) is 14.9 Å². The number of hydrogen-bond acceptors (Lipinski definition) is 4. The van der Waals surface area contributed by atoms with E-state index in [-0.39, 0.29) is 24.1 Å². The quantitative estimate of drug-likeness (QED) is 0.796. The standard InChI is InChI=1S/C16H21BrN4O2/c1-10(2)5-12(7-18)20-15(22)8-21-9-19-14-4-3-11(17)6-13(14)16(21)23/h3-4,6,9-10,12H,5,7-8,18H2,1-2H3,(H,20,22). The SMILES string of the molecule is CC(C)CC(CN)NC(=O)Cn1cnc2ccc(Br)cc2c1=O. The van der Waals surface area contributed by atoms with E-state index < -0.39 is 0 Å². The smallest absolute Gasteiger partial charge is 0.261 e. The maximum absolute atomic E-state index is 12.4. The van der Waals surface area contributed by atoms with Crippen molar-refractivity contribution in [3.05, 3.63) is 39.4 Å². The van der Waals surface area contributed by atoms with Crippen molar-refractivity contribution in [2.45, 2.75) is 32.9 Å². The van der Waals surface area contributed by atoms with Crippen molar-refractivity contribution in [3.8, 4) is 0 Å². The van der Waals surface area contributed by atoms with E-state index in [9.17, 15) is 9.59 Å². The fourth-order valence-corrected chi connectivity index (χ4v) is 2.82. The number of rotatable bonds is 6. The van der Waals surface area contributed by atoms with Crippen LogP contribution in [0.15, 0.2) is 33.8 Å². The van der Waals surface area contributed by atoms with Gasteiger partial charge in [0.2, 0.25) is 5.91 Å². The molecule has 1 aromatic heterocycles. The number of carbonyl (C=O) groups is 1. The molecule has 2 aromatic rings. The first kappa shape index (κ1) is 17.6. The average Bonchev–Trinajstić information content (AvgIpc) is 2.49. The second-order valence-corrected chi connectivity index (χ2v) is 6.88. The van der Waals surface area contributed by atoms with E-state index in [0.29, 0.717) is 23.4 Å². The predicted molar refractivity (Wildman–Crippen MR) is 94.1 cm³/mol. The summed E-state index contributed by atoms with van der Waals surface area (Å²) in [5.41, 5.74) is 6.05. The number of halogens is 1. The van der Waals surface area contributed by atoms with Crippen LogP contribution >= 0.6 is 15.9 Å². The number of nitrogens with one attached hydrogen (secondary N) is 1. The summed E-state index contributed by atoms with van der Waals surface area (Å²) in [6, 6.07) is 5.21. The van der Waals surface area contributed by atoms with Crippen LogP contribution in [-0.2, 0) is 11.3 Å². The third kappa shape index (κ3) is 4.62. The molecule has 6 nitrogen and oxygen atoms in total. The predicted octanol–water partition coefficient (Wildman–Crippen LogP) is 1.65. The number of carbonyl (C=O) groups excluding carboxylic acids is 1. The second-order valence-electron chi connectivity index (χ2n) is 5.97. The molecule has 1 heterocycles. The molecule has 0 fully saturated rings. The minimum atomic E-state index is -0.237. The zero-order chi connectivity index (χ0) is 17.0. The Morgan fingerprint density at radius 3 is 2.83 bits per heavy atom. The molecular formula is C16H21BrN4O2. The van der Waals surface area contributed by atoms with Gasteiger partial charge in [-0.2, -0.15) is 0 Å². The lowest BCUT2D eigenvalue weighted by Gasteiger charge is -2.19. The molecule has 0 aliphatic rings. The summed E-state index contributed by atoms with van der Waals surface area (Å²) in [6.07, 6.45) is 2.21. The van der Waals surface area contributed by atoms with Crippen molar-refractivity contribution in [2.24, 2.45) is 11.7 Å². The van der Waals surface area contributed by atoms with Crippen molar-refractivity contribution in [1.29, 1.82) is 0 Å². The van der Waals surface area contributed by atoms with Gasteiger partial charge in [0.05, 0.1) is 17.2 Å². The van der Waals surface area contributed by atoms with Crippen LogP contribution < -0.4 is 16.6 Å². The Balaban J connectivity index is 2.16. The molecule has 0 saturated heterocycles. The summed E-state index contributed by atoms with van der Waals surface area (Å²) in [5, 5.41) is 3.35. The molecule has 0 aliphatic carbocycles. The van der Waals surface area contributed by atoms with Crippen LogP contribution in [0.2, 0.25) is 0 Å². The van der Waals surface area contributed by atoms with E-state index in [2.05, 4.69) is 40.1 Å². The van der Waals surface area contributed by atoms with Gasteiger partial charge in [-0.3, -0.25) is 14.2 Å². The molecule has 0 radical (unpaired) electrons. The van der Waals surface area contributed by atoms with Crippen LogP contribution in [-0.4, -0.2) is 28.0 Å². The molecule has 1 aromatic carbocycles. The number of aromatic nitrogens is 2. The first-order chi connectivity index (χ1) is 10.9. The van der Waals surface area contributed by atoms with Crippen molar-refractivity contribution >= 4 is 32.7 Å². The van der Waals surface area contributed by atoms with Gasteiger partial charge in [-0.1, -0.05) is 29.8 Å². The Hall–Kier alpha value is -1.73. The third-order valence-electron chi connectivity index (χ3n) is 3.51. The maximum atomic E-state index is 12.4. The van der Waals surface area contributed by atoms with Gasteiger partial charge in [-0.05, 0) is 30.5 Å². The third-order valence-corrected chi connectivity index (χ3v) is 4.00. The first-order valence-electron chi connectivity index (χ1n) is 7.55. The Bertz CT molecular complexity index is 757. The fourth-order valence-electron chi connectivity index (χ4n) is 2.45. The van der Waals surface area contributed by atoms with Crippen LogP contribution in [0.5, 0.6) is 0 Å². The van der Waals surface area contributed by atoms with Gasteiger partial charge in [0.1, 0.15) is 6.54 Å². The largest absolute Gasteiger partial charge is 0.351 e. The van der Waals surface area contributed by atoms with Crippen LogP contribution in [0.3, 0.4) is 0 Å². The normalized spacial score (nSPS) is 12.6. The Morgan fingerprint density at radius 1 is 1.43 bits per heavy atom. The highest BCUT2D eigenvalue weighted by Crippen LogP contribution is 2.14. The summed E-state index contributed by atoms with van der Waals surface area (Å²) in [7, 11) is 0. The van der Waals surface area contributed by atoms with Gasteiger partial charge < -0.3 is 11.1 Å². The van der Waals surface area contributed by atoms with E-state index in [4.69, 9.17) is 5.73 Å². The van der Waals surface area contributed by atoms with Crippen molar-refractivity contribution in [3.63, 3.8) is 0 Å². The molecule has 0 bridgehead atoms. The maximum Gasteiger partial charge on any atom is 0.261 e. The highest BCUT2D eigenvalue weighted by molar-refractivity contribution is 9.10. The van der Waals surface area contributed by atoms with Crippen molar-refractivity contribution in [2.75, 3.05) is 6.54 Å². The number of nitrogens with zero attached hydrogens (tertiary/aromatic N) is 2. The Labute approximate surface area is 143 Å². The summed E-state index contributed by atoms with van der Waals surface area (Å²) in [6.45, 7) is 4.46. The molecule has 2 rings (SSSR count). The highest BCUT2D eigenvalue weighted by Gasteiger charge is 2.14. The van der Waals surface area contributed by atoms with Gasteiger partial charge >= 0.3 is 0 Å². The van der Waals surface area contributed by atoms with E-state index in [1.54, 1.807) is 12.1 Å². The topological polar surface area (TPSA) is 90.0 Å². The Morgan fingerprint density at radius 2 is 2.17 bits per heavy atom. The average molecular weight is 381 g/mol. The lowest BCUT2D eigenvalue weighted by molar-refractivity contribution is -0.122. The summed E-state index contributed by atoms with van der Waals surface area (Å²) < 4.78 is 2.11. The molecule has 1 atom stereocenters. The highest BCUT2D eigenvalue weighted by atomic mass is 79.9. The van der Waals surface area contributed by atoms with Gasteiger partial charge in [0, 0.05) is 17.1 Å². The van der Waals surface area contributed by atoms with E-state index in [1.807, 2.05) is 6.07 Å². The molecule has 1 unspecified atom stereocenters. The van der Waals surface area contributed by atoms with Crippen LogP contribution in [0.4, 0.5) is 0 Å². The summed E-state index contributed by atoms with van der Waals surface area (Å²) in [4.78, 5) is 28.8. The number of amides is 1. The molecule has 0 saturated carbocycles. The molecule has 23 heavy (non-hydrogen) atoms. The van der Waals surface area contributed by atoms with E-state index in [0.717, 1.165) is 10.9 Å². The summed E-state index contributed by atoms with van der Waals surface area (Å²) in [5.74, 6) is 0.200. The number of nitrogens with two attached hydrogens (primary N) is 1. The zero-order valence-corrected chi connectivity index (χ0v) is 14.8. The van der Waals surface area contributed by atoms with Crippen LogP contribution in [0.25, 0.3) is 10.9 Å². The fraction of sp³-hybridized carbons (Fsp3) is 0.438. The van der Waals surface area contributed by atoms with Crippen molar-refractivity contribution < 1.29 is 4.79 Å². The van der Waals surface area contributed by atoms with Crippen LogP contribution in [0, 0.1) is 5.92 Å². The van der Waals surface area contributed by atoms with Crippen LogP contribution in [0.1, 0.15) is 20.3 Å². The lowest BCUT2D eigenvalue weighted by Crippen LogP contribution is -2.43. The molecule has 0 aliphatic heterocycles. The van der Waals surface area contributed by atoms with Gasteiger partial charge in [0.15, 0.2) is 0 Å². The number of fused-ring (bicyclic) bond motifs is 1. The Kier molecular flexibility index (Phi) is 5.90. The van der Waals surface area contributed by atoms with Gasteiger partial charge in [-0.15, -0.1) is 0 Å². The van der Waals surface area contributed by atoms with Gasteiger partial charge in [0.25, 0.3) is 5.56 Å². The van der Waals surface area contributed by atoms with Gasteiger partial charge in [-0.25, -0.2) is 4.98 Å². The molecule has 124 valence electrons. The summed E-state index contributed by atoms with van der Waals surface area (Å²) >= 11 is 3.34. The lowest BCUT2D eigenvalue weighted by atomic mass is 10.0. The minimum absolute atomic E-state index is 0.0666. The molecule has 1 amide bonds. The molecule has 0 spiro atoms. The number of benzene rings is 1. The minimum Gasteiger partial charge on any atom is -0.351 e. The first-order valence-corrected chi connectivity index (χ1v) is 8.34. The molecular weight excluding hydrogens is 360 g/mol.